The van der Waals surface area contributed by atoms with Gasteiger partial charge in [0.25, 0.3) is 0 Å². The standard InChI is InChI=1S/C11H6ClF3S/c12-10(9-2-1-3-16-9)6-4-7(13)11(15)8(14)5-6/h1-5,10H. The van der Waals surface area contributed by atoms with Gasteiger partial charge in [0.2, 0.25) is 0 Å². The Kier molecular flexibility index (Phi) is 3.21. The fourth-order valence-electron chi connectivity index (χ4n) is 1.32. The van der Waals surface area contributed by atoms with Crippen molar-refractivity contribution in [3.05, 3.63) is 57.5 Å². The molecule has 0 saturated heterocycles. The minimum absolute atomic E-state index is 0.209. The summed E-state index contributed by atoms with van der Waals surface area (Å²) >= 11 is 7.40. The summed E-state index contributed by atoms with van der Waals surface area (Å²) in [5.74, 6) is -3.92. The van der Waals surface area contributed by atoms with Crippen molar-refractivity contribution in [1.29, 1.82) is 0 Å². The van der Waals surface area contributed by atoms with Gasteiger partial charge in [0.1, 0.15) is 0 Å². The van der Waals surface area contributed by atoms with Crippen LogP contribution in [0.4, 0.5) is 13.2 Å². The second kappa shape index (κ2) is 4.47. The Bertz CT molecular complexity index is 473. The molecule has 16 heavy (non-hydrogen) atoms. The molecule has 0 aliphatic carbocycles. The number of halogens is 4. The van der Waals surface area contributed by atoms with Crippen LogP contribution in [0, 0.1) is 17.5 Å². The SMILES string of the molecule is Fc1cc(C(Cl)c2cccs2)cc(F)c1F. The molecule has 2 aromatic rings. The van der Waals surface area contributed by atoms with Crippen molar-refractivity contribution in [3.8, 4) is 0 Å². The van der Waals surface area contributed by atoms with Crippen LogP contribution in [0.2, 0.25) is 0 Å². The van der Waals surface area contributed by atoms with Gasteiger partial charge in [0.05, 0.1) is 5.38 Å². The molecule has 0 nitrogen and oxygen atoms in total. The van der Waals surface area contributed by atoms with Gasteiger partial charge in [0.15, 0.2) is 17.5 Å². The zero-order chi connectivity index (χ0) is 11.7. The number of benzene rings is 1. The summed E-state index contributed by atoms with van der Waals surface area (Å²) < 4.78 is 38.7. The Morgan fingerprint density at radius 1 is 1.12 bits per heavy atom. The number of hydrogen-bond acceptors (Lipinski definition) is 1. The molecule has 0 fully saturated rings. The smallest absolute Gasteiger partial charge is 0.194 e. The first-order valence-corrected chi connectivity index (χ1v) is 5.73. The third kappa shape index (κ3) is 2.08. The summed E-state index contributed by atoms with van der Waals surface area (Å²) in [7, 11) is 0. The summed E-state index contributed by atoms with van der Waals surface area (Å²) in [6.07, 6.45) is 0. The van der Waals surface area contributed by atoms with Crippen LogP contribution in [0.5, 0.6) is 0 Å². The van der Waals surface area contributed by atoms with Crippen LogP contribution < -0.4 is 0 Å². The average Bonchev–Trinajstić information content (AvgIpc) is 2.77. The lowest BCUT2D eigenvalue weighted by Gasteiger charge is -2.08. The van der Waals surface area contributed by atoms with E-state index in [1.54, 1.807) is 17.5 Å². The summed E-state index contributed by atoms with van der Waals surface area (Å²) in [6.45, 7) is 0. The van der Waals surface area contributed by atoms with E-state index in [0.29, 0.717) is 0 Å². The van der Waals surface area contributed by atoms with Crippen LogP contribution in [0.15, 0.2) is 29.6 Å². The van der Waals surface area contributed by atoms with Gasteiger partial charge in [-0.1, -0.05) is 6.07 Å². The number of alkyl halides is 1. The predicted molar refractivity (Wildman–Crippen MR) is 58.3 cm³/mol. The number of thiophene rings is 1. The zero-order valence-electron chi connectivity index (χ0n) is 7.88. The molecular formula is C11H6ClF3S. The van der Waals surface area contributed by atoms with E-state index in [-0.39, 0.29) is 5.56 Å². The number of hydrogen-bond donors (Lipinski definition) is 0. The van der Waals surface area contributed by atoms with Crippen LogP contribution in [0.3, 0.4) is 0 Å². The lowest BCUT2D eigenvalue weighted by atomic mass is 10.1. The molecule has 1 atom stereocenters. The lowest BCUT2D eigenvalue weighted by molar-refractivity contribution is 0.445. The summed E-state index contributed by atoms with van der Waals surface area (Å²) in [5.41, 5.74) is 0.209. The molecule has 1 aromatic carbocycles. The van der Waals surface area contributed by atoms with Gasteiger partial charge in [-0.3, -0.25) is 0 Å². The minimum Gasteiger partial charge on any atom is -0.204 e. The summed E-state index contributed by atoms with van der Waals surface area (Å²) in [6, 6.07) is 5.36. The van der Waals surface area contributed by atoms with Gasteiger partial charge < -0.3 is 0 Å². The molecule has 0 saturated carbocycles. The zero-order valence-corrected chi connectivity index (χ0v) is 9.46. The molecule has 2 rings (SSSR count). The summed E-state index contributed by atoms with van der Waals surface area (Å²) in [4.78, 5) is 0.757. The van der Waals surface area contributed by atoms with Gasteiger partial charge in [0, 0.05) is 4.88 Å². The first kappa shape index (κ1) is 11.5. The van der Waals surface area contributed by atoms with Crippen molar-refractivity contribution in [2.45, 2.75) is 5.38 Å². The van der Waals surface area contributed by atoms with E-state index in [2.05, 4.69) is 0 Å². The van der Waals surface area contributed by atoms with E-state index in [1.807, 2.05) is 0 Å². The molecule has 1 aromatic heterocycles. The maximum atomic E-state index is 13.0. The minimum atomic E-state index is -1.47. The lowest BCUT2D eigenvalue weighted by Crippen LogP contribution is -1.97. The first-order chi connectivity index (χ1) is 7.59. The Morgan fingerprint density at radius 2 is 1.75 bits per heavy atom. The molecule has 0 radical (unpaired) electrons. The molecule has 0 spiro atoms. The van der Waals surface area contributed by atoms with Crippen LogP contribution >= 0.6 is 22.9 Å². The van der Waals surface area contributed by atoms with Gasteiger partial charge in [-0.05, 0) is 29.1 Å². The predicted octanol–water partition coefficient (Wildman–Crippen LogP) is 4.49. The van der Waals surface area contributed by atoms with Gasteiger partial charge >= 0.3 is 0 Å². The fourth-order valence-corrected chi connectivity index (χ4v) is 2.40. The average molecular weight is 263 g/mol. The normalized spacial score (nSPS) is 12.8. The van der Waals surface area contributed by atoms with Crippen LogP contribution in [0.1, 0.15) is 15.8 Å². The highest BCUT2D eigenvalue weighted by atomic mass is 35.5. The maximum Gasteiger partial charge on any atom is 0.194 e. The third-order valence-corrected chi connectivity index (χ3v) is 3.65. The molecule has 0 aliphatic rings. The van der Waals surface area contributed by atoms with E-state index in [9.17, 15) is 13.2 Å². The van der Waals surface area contributed by atoms with Crippen molar-refractivity contribution in [1.82, 2.24) is 0 Å². The fraction of sp³-hybridized carbons (Fsp3) is 0.0909. The highest BCUT2D eigenvalue weighted by molar-refractivity contribution is 7.10. The maximum absolute atomic E-state index is 13.0. The Balaban J connectivity index is 2.42. The van der Waals surface area contributed by atoms with E-state index in [1.165, 1.54) is 11.3 Å². The van der Waals surface area contributed by atoms with Crippen molar-refractivity contribution in [2.75, 3.05) is 0 Å². The first-order valence-electron chi connectivity index (χ1n) is 4.41. The second-order valence-electron chi connectivity index (χ2n) is 3.18. The highest BCUT2D eigenvalue weighted by Gasteiger charge is 2.17. The summed E-state index contributed by atoms with van der Waals surface area (Å²) in [5, 5.41) is 1.14. The van der Waals surface area contributed by atoms with E-state index < -0.39 is 22.8 Å². The van der Waals surface area contributed by atoms with Crippen LogP contribution in [-0.4, -0.2) is 0 Å². The topological polar surface area (TPSA) is 0 Å². The molecule has 84 valence electrons. The monoisotopic (exact) mass is 262 g/mol. The van der Waals surface area contributed by atoms with E-state index in [0.717, 1.165) is 17.0 Å². The molecule has 1 unspecified atom stereocenters. The van der Waals surface area contributed by atoms with Gasteiger partial charge in [-0.2, -0.15) is 0 Å². The quantitative estimate of drug-likeness (QED) is 0.552. The van der Waals surface area contributed by atoms with Crippen LogP contribution in [-0.2, 0) is 0 Å². The second-order valence-corrected chi connectivity index (χ2v) is 4.59. The van der Waals surface area contributed by atoms with Crippen molar-refractivity contribution < 1.29 is 13.2 Å². The van der Waals surface area contributed by atoms with Gasteiger partial charge in [-0.25, -0.2) is 13.2 Å². The number of rotatable bonds is 2. The molecule has 5 heteroatoms. The largest absolute Gasteiger partial charge is 0.204 e. The molecule has 0 amide bonds. The van der Waals surface area contributed by atoms with Crippen molar-refractivity contribution in [3.63, 3.8) is 0 Å². The molecular weight excluding hydrogens is 257 g/mol. The molecule has 0 bridgehead atoms. The Morgan fingerprint density at radius 3 is 2.25 bits per heavy atom. The van der Waals surface area contributed by atoms with E-state index >= 15 is 0 Å². The molecule has 1 heterocycles. The molecule has 0 N–H and O–H groups in total. The van der Waals surface area contributed by atoms with Crippen molar-refractivity contribution >= 4 is 22.9 Å². The highest BCUT2D eigenvalue weighted by Crippen LogP contribution is 2.33. The molecule has 0 aliphatic heterocycles. The van der Waals surface area contributed by atoms with Crippen molar-refractivity contribution in [2.24, 2.45) is 0 Å². The van der Waals surface area contributed by atoms with Gasteiger partial charge in [-0.15, -0.1) is 22.9 Å². The van der Waals surface area contributed by atoms with E-state index in [4.69, 9.17) is 11.6 Å². The van der Waals surface area contributed by atoms with Crippen LogP contribution in [0.25, 0.3) is 0 Å². The Labute approximate surface area is 99.3 Å². The Hall–Kier alpha value is -1.00. The third-order valence-electron chi connectivity index (χ3n) is 2.09.